The number of halogens is 1. The highest BCUT2D eigenvalue weighted by molar-refractivity contribution is 6.31. The number of nitrogens with zero attached hydrogens (tertiary/aromatic N) is 2. The molecular weight excluding hydrogens is 250 g/mol. The Bertz CT molecular complexity index is 352. The summed E-state index contributed by atoms with van der Waals surface area (Å²) in [5.74, 6) is 0. The highest BCUT2D eigenvalue weighted by Gasteiger charge is 2.11. The van der Waals surface area contributed by atoms with Crippen LogP contribution in [0.4, 0.5) is 0 Å². The first-order chi connectivity index (χ1) is 8.70. The van der Waals surface area contributed by atoms with Crippen molar-refractivity contribution in [1.29, 1.82) is 0 Å². The number of aryl methyl sites for hydroxylation is 2. The minimum absolute atomic E-state index is 0.765. The van der Waals surface area contributed by atoms with Crippen LogP contribution in [0.1, 0.15) is 38.1 Å². The minimum Gasteiger partial charge on any atom is -0.381 e. The predicted octanol–water partition coefficient (Wildman–Crippen LogP) is 2.77. The van der Waals surface area contributed by atoms with E-state index in [1.54, 1.807) is 0 Å². The Morgan fingerprint density at radius 3 is 2.78 bits per heavy atom. The van der Waals surface area contributed by atoms with Crippen LogP contribution >= 0.6 is 11.6 Å². The minimum atomic E-state index is 0.765. The van der Waals surface area contributed by atoms with Crippen molar-refractivity contribution < 1.29 is 4.74 Å². The molecule has 0 spiro atoms. The Labute approximate surface area is 115 Å². The van der Waals surface area contributed by atoms with Crippen LogP contribution in [-0.4, -0.2) is 29.5 Å². The predicted molar refractivity (Wildman–Crippen MR) is 75.1 cm³/mol. The largest absolute Gasteiger partial charge is 0.381 e. The fourth-order valence-corrected chi connectivity index (χ4v) is 1.99. The molecule has 104 valence electrons. The van der Waals surface area contributed by atoms with Crippen molar-refractivity contribution in [3.63, 3.8) is 0 Å². The molecule has 5 heteroatoms. The number of nitrogens with one attached hydrogen (secondary N) is 1. The lowest BCUT2D eigenvalue weighted by Gasteiger charge is -2.07. The summed E-state index contributed by atoms with van der Waals surface area (Å²) in [5, 5.41) is 8.55. The molecule has 0 fully saturated rings. The van der Waals surface area contributed by atoms with E-state index in [0.717, 1.165) is 62.1 Å². The molecule has 1 aromatic rings. The van der Waals surface area contributed by atoms with E-state index >= 15 is 0 Å². The zero-order valence-electron chi connectivity index (χ0n) is 11.6. The van der Waals surface area contributed by atoms with Gasteiger partial charge in [-0.05, 0) is 33.2 Å². The molecule has 1 N–H and O–H groups in total. The van der Waals surface area contributed by atoms with E-state index in [9.17, 15) is 0 Å². The van der Waals surface area contributed by atoms with E-state index in [0.29, 0.717) is 0 Å². The molecule has 1 heterocycles. The summed E-state index contributed by atoms with van der Waals surface area (Å²) < 4.78 is 7.38. The van der Waals surface area contributed by atoms with Crippen molar-refractivity contribution in [3.8, 4) is 0 Å². The van der Waals surface area contributed by atoms with Crippen LogP contribution in [0.15, 0.2) is 0 Å². The van der Waals surface area contributed by atoms with Crippen molar-refractivity contribution in [3.05, 3.63) is 16.4 Å². The molecule has 0 amide bonds. The van der Waals surface area contributed by atoms with Gasteiger partial charge in [0, 0.05) is 26.3 Å². The number of hydrogen-bond donors (Lipinski definition) is 1. The van der Waals surface area contributed by atoms with Crippen LogP contribution in [0.2, 0.25) is 5.02 Å². The molecule has 0 atom stereocenters. The van der Waals surface area contributed by atoms with Crippen LogP contribution in [0, 0.1) is 6.92 Å². The van der Waals surface area contributed by atoms with Crippen LogP contribution < -0.4 is 5.32 Å². The van der Waals surface area contributed by atoms with E-state index in [-0.39, 0.29) is 0 Å². The van der Waals surface area contributed by atoms with Gasteiger partial charge in [-0.2, -0.15) is 5.10 Å². The van der Waals surface area contributed by atoms with Crippen molar-refractivity contribution in [2.45, 2.75) is 46.7 Å². The van der Waals surface area contributed by atoms with Gasteiger partial charge in [-0.25, -0.2) is 0 Å². The highest BCUT2D eigenvalue weighted by atomic mass is 35.5. The number of hydrogen-bond acceptors (Lipinski definition) is 3. The zero-order valence-corrected chi connectivity index (χ0v) is 12.4. The number of rotatable bonds is 9. The summed E-state index contributed by atoms with van der Waals surface area (Å²) >= 11 is 6.23. The fraction of sp³-hybridized carbons (Fsp3) is 0.769. The van der Waals surface area contributed by atoms with Gasteiger partial charge in [-0.1, -0.05) is 18.5 Å². The van der Waals surface area contributed by atoms with E-state index in [1.165, 1.54) is 0 Å². The quantitative estimate of drug-likeness (QED) is 0.703. The van der Waals surface area contributed by atoms with E-state index < -0.39 is 0 Å². The fourth-order valence-electron chi connectivity index (χ4n) is 1.79. The first-order valence-corrected chi connectivity index (χ1v) is 7.08. The van der Waals surface area contributed by atoms with E-state index in [1.807, 2.05) is 11.6 Å². The average molecular weight is 274 g/mol. The van der Waals surface area contributed by atoms with Crippen LogP contribution in [-0.2, 0) is 17.8 Å². The van der Waals surface area contributed by atoms with E-state index in [2.05, 4.69) is 24.3 Å². The maximum Gasteiger partial charge on any atom is 0.0860 e. The van der Waals surface area contributed by atoms with Gasteiger partial charge in [0.05, 0.1) is 16.4 Å². The molecule has 4 nitrogen and oxygen atoms in total. The van der Waals surface area contributed by atoms with Gasteiger partial charge in [-0.3, -0.25) is 4.68 Å². The van der Waals surface area contributed by atoms with Gasteiger partial charge in [-0.15, -0.1) is 0 Å². The smallest absolute Gasteiger partial charge is 0.0860 e. The van der Waals surface area contributed by atoms with Crippen LogP contribution in [0.5, 0.6) is 0 Å². The molecule has 0 bridgehead atoms. The van der Waals surface area contributed by atoms with Crippen molar-refractivity contribution >= 4 is 11.6 Å². The van der Waals surface area contributed by atoms with Gasteiger partial charge in [0.15, 0.2) is 0 Å². The lowest BCUT2D eigenvalue weighted by Crippen LogP contribution is -2.19. The third-order valence-electron chi connectivity index (χ3n) is 2.74. The number of ether oxygens (including phenoxy) is 1. The second kappa shape index (κ2) is 8.51. The Morgan fingerprint density at radius 1 is 1.33 bits per heavy atom. The van der Waals surface area contributed by atoms with Gasteiger partial charge in [0.25, 0.3) is 0 Å². The first kappa shape index (κ1) is 15.5. The van der Waals surface area contributed by atoms with Crippen LogP contribution in [0.25, 0.3) is 0 Å². The SMILES string of the molecule is CCCOCCCNCc1c(Cl)c(C)nn1CC. The standard InChI is InChI=1S/C13H24ClN3O/c1-4-8-18-9-6-7-15-10-12-13(14)11(3)16-17(12)5-2/h15H,4-10H2,1-3H3. The molecule has 0 saturated heterocycles. The molecule has 0 aliphatic carbocycles. The molecule has 0 aliphatic rings. The van der Waals surface area contributed by atoms with Crippen molar-refractivity contribution in [2.75, 3.05) is 19.8 Å². The van der Waals surface area contributed by atoms with Crippen molar-refractivity contribution in [2.24, 2.45) is 0 Å². The molecule has 0 radical (unpaired) electrons. The summed E-state index contributed by atoms with van der Waals surface area (Å²) in [6.45, 7) is 10.4. The summed E-state index contributed by atoms with van der Waals surface area (Å²) in [6, 6.07) is 0. The zero-order chi connectivity index (χ0) is 13.4. The van der Waals surface area contributed by atoms with Gasteiger partial charge >= 0.3 is 0 Å². The lowest BCUT2D eigenvalue weighted by molar-refractivity contribution is 0.132. The maximum absolute atomic E-state index is 6.23. The lowest BCUT2D eigenvalue weighted by atomic mass is 10.3. The second-order valence-corrected chi connectivity index (χ2v) is 4.68. The monoisotopic (exact) mass is 273 g/mol. The Kier molecular flexibility index (Phi) is 7.32. The van der Waals surface area contributed by atoms with Gasteiger partial charge in [0.2, 0.25) is 0 Å². The molecule has 18 heavy (non-hydrogen) atoms. The summed E-state index contributed by atoms with van der Waals surface area (Å²) in [5.41, 5.74) is 1.98. The Balaban J connectivity index is 2.26. The summed E-state index contributed by atoms with van der Waals surface area (Å²) in [6.07, 6.45) is 2.11. The van der Waals surface area contributed by atoms with E-state index in [4.69, 9.17) is 16.3 Å². The molecule has 1 rings (SSSR count). The highest BCUT2D eigenvalue weighted by Crippen LogP contribution is 2.19. The Hall–Kier alpha value is -0.580. The molecule has 1 aromatic heterocycles. The molecule has 0 aromatic carbocycles. The molecular formula is C13H24ClN3O. The second-order valence-electron chi connectivity index (χ2n) is 4.30. The van der Waals surface area contributed by atoms with Gasteiger partial charge < -0.3 is 10.1 Å². The maximum atomic E-state index is 6.23. The average Bonchev–Trinajstić information content (AvgIpc) is 2.65. The summed E-state index contributed by atoms with van der Waals surface area (Å²) in [7, 11) is 0. The third-order valence-corrected chi connectivity index (χ3v) is 3.23. The Morgan fingerprint density at radius 2 is 2.11 bits per heavy atom. The van der Waals surface area contributed by atoms with Crippen LogP contribution in [0.3, 0.4) is 0 Å². The summed E-state index contributed by atoms with van der Waals surface area (Å²) in [4.78, 5) is 0. The normalized spacial score (nSPS) is 11.1. The molecule has 0 unspecified atom stereocenters. The van der Waals surface area contributed by atoms with Crippen molar-refractivity contribution in [1.82, 2.24) is 15.1 Å². The first-order valence-electron chi connectivity index (χ1n) is 6.70. The topological polar surface area (TPSA) is 39.1 Å². The van der Waals surface area contributed by atoms with Gasteiger partial charge in [0.1, 0.15) is 0 Å². The third kappa shape index (κ3) is 4.59. The number of aromatic nitrogens is 2. The molecule has 0 aliphatic heterocycles. The molecule has 0 saturated carbocycles.